The number of aliphatic hydroxyl groups excluding tert-OH is 1. The molecule has 5 rings (SSSR count). The molecule has 0 spiro atoms. The molecule has 4 aromatic rings. The third-order valence-electron chi connectivity index (χ3n) is 9.16. The summed E-state index contributed by atoms with van der Waals surface area (Å²) in [5, 5.41) is 12.4. The van der Waals surface area contributed by atoms with Crippen LogP contribution in [0.5, 0.6) is 0 Å². The molecular weight excluding hydrogens is 604 g/mol. The first-order valence-corrected chi connectivity index (χ1v) is 16.5. The fourth-order valence-electron chi connectivity index (χ4n) is 6.09. The minimum atomic E-state index is -0.850. The average molecular weight is 651 g/mol. The second-order valence-electron chi connectivity index (χ2n) is 12.6. The molecule has 8 nitrogen and oxygen atoms in total. The first-order valence-electron chi connectivity index (χ1n) is 16.5. The number of amides is 1. The molecular formula is C40H46N2O6. The number of carbonyl (C=O) groups excluding carboxylic acids is 2. The van der Waals surface area contributed by atoms with Crippen molar-refractivity contribution in [3.63, 3.8) is 0 Å². The van der Waals surface area contributed by atoms with Crippen LogP contribution in [0.2, 0.25) is 0 Å². The first-order chi connectivity index (χ1) is 23.1. The summed E-state index contributed by atoms with van der Waals surface area (Å²) >= 11 is 0. The Labute approximate surface area is 283 Å². The summed E-state index contributed by atoms with van der Waals surface area (Å²) in [6, 6.07) is 34.9. The van der Waals surface area contributed by atoms with Gasteiger partial charge in [-0.3, -0.25) is 14.5 Å². The van der Waals surface area contributed by atoms with Crippen molar-refractivity contribution in [3.05, 3.63) is 131 Å². The Morgan fingerprint density at radius 2 is 1.54 bits per heavy atom. The fraction of sp³-hybridized carbons (Fsp3) is 0.350. The highest BCUT2D eigenvalue weighted by Crippen LogP contribution is 2.42. The van der Waals surface area contributed by atoms with Gasteiger partial charge in [0.2, 0.25) is 0 Å². The van der Waals surface area contributed by atoms with Gasteiger partial charge < -0.3 is 24.6 Å². The van der Waals surface area contributed by atoms with Gasteiger partial charge in [0, 0.05) is 37.5 Å². The number of carbonyl (C=O) groups is 2. The predicted octanol–water partition coefficient (Wildman–Crippen LogP) is 6.90. The minimum absolute atomic E-state index is 0.00291. The Balaban J connectivity index is 1.33. The summed E-state index contributed by atoms with van der Waals surface area (Å²) in [7, 11) is 2.14. The number of ether oxygens (including phenoxy) is 3. The van der Waals surface area contributed by atoms with Crippen molar-refractivity contribution in [3.8, 4) is 11.1 Å². The van der Waals surface area contributed by atoms with Gasteiger partial charge in [0.1, 0.15) is 0 Å². The first kappa shape index (κ1) is 35.0. The quantitative estimate of drug-likeness (QED) is 0.161. The number of hydrogen-bond donors (Lipinski definition) is 2. The van der Waals surface area contributed by atoms with Gasteiger partial charge in [0.05, 0.1) is 18.8 Å². The third kappa shape index (κ3) is 8.76. The molecule has 1 amide bonds. The summed E-state index contributed by atoms with van der Waals surface area (Å²) in [4.78, 5) is 25.8. The highest BCUT2D eigenvalue weighted by Gasteiger charge is 2.39. The minimum Gasteiger partial charge on any atom is -0.453 e. The molecule has 8 heteroatoms. The maximum absolute atomic E-state index is 12.3. The van der Waals surface area contributed by atoms with Crippen molar-refractivity contribution >= 4 is 11.9 Å². The van der Waals surface area contributed by atoms with E-state index in [1.165, 1.54) is 12.5 Å². The lowest BCUT2D eigenvalue weighted by Gasteiger charge is -2.43. The molecule has 0 aromatic heterocycles. The van der Waals surface area contributed by atoms with Crippen molar-refractivity contribution in [2.45, 2.75) is 71.5 Å². The van der Waals surface area contributed by atoms with E-state index < -0.39 is 18.4 Å². The lowest BCUT2D eigenvalue weighted by atomic mass is 9.89. The zero-order chi connectivity index (χ0) is 34.2. The molecule has 48 heavy (non-hydrogen) atoms. The SMILES string of the molecule is CC(=O)OC(C)C(=O)NCc1cccc(-c2ccc(C3OC(CN(C)C(C)c4ccccc4)C(C)C(c4ccc(CO)cc4)O3)cc2)c1. The zero-order valence-electron chi connectivity index (χ0n) is 28.3. The highest BCUT2D eigenvalue weighted by atomic mass is 16.7. The molecule has 0 bridgehead atoms. The Morgan fingerprint density at radius 3 is 2.21 bits per heavy atom. The van der Waals surface area contributed by atoms with E-state index in [-0.39, 0.29) is 36.7 Å². The summed E-state index contributed by atoms with van der Waals surface area (Å²) in [6.07, 6.45) is -1.71. The third-order valence-corrected chi connectivity index (χ3v) is 9.16. The molecule has 1 heterocycles. The monoisotopic (exact) mass is 650 g/mol. The molecule has 1 aliphatic rings. The van der Waals surface area contributed by atoms with E-state index in [1.807, 2.05) is 66.7 Å². The van der Waals surface area contributed by atoms with E-state index in [1.54, 1.807) is 6.92 Å². The van der Waals surface area contributed by atoms with Gasteiger partial charge in [-0.05, 0) is 60.3 Å². The summed E-state index contributed by atoms with van der Waals surface area (Å²) < 4.78 is 18.4. The van der Waals surface area contributed by atoms with Crippen LogP contribution in [0.1, 0.15) is 73.9 Å². The number of rotatable bonds is 12. The molecule has 252 valence electrons. The van der Waals surface area contributed by atoms with Gasteiger partial charge in [0.25, 0.3) is 5.91 Å². The zero-order valence-corrected chi connectivity index (χ0v) is 28.3. The van der Waals surface area contributed by atoms with Crippen molar-refractivity contribution in [1.29, 1.82) is 0 Å². The molecule has 1 aliphatic heterocycles. The Morgan fingerprint density at radius 1 is 0.854 bits per heavy atom. The van der Waals surface area contributed by atoms with Gasteiger partial charge in [-0.25, -0.2) is 0 Å². The van der Waals surface area contributed by atoms with E-state index in [2.05, 4.69) is 67.5 Å². The van der Waals surface area contributed by atoms with Crippen molar-refractivity contribution in [2.24, 2.45) is 5.92 Å². The molecule has 4 aromatic carbocycles. The van der Waals surface area contributed by atoms with Crippen molar-refractivity contribution in [1.82, 2.24) is 10.2 Å². The largest absolute Gasteiger partial charge is 0.453 e. The van der Waals surface area contributed by atoms with E-state index in [0.29, 0.717) is 6.54 Å². The topological polar surface area (TPSA) is 97.3 Å². The maximum atomic E-state index is 12.3. The second kappa shape index (κ2) is 16.2. The molecule has 6 unspecified atom stereocenters. The van der Waals surface area contributed by atoms with Gasteiger partial charge >= 0.3 is 5.97 Å². The van der Waals surface area contributed by atoms with E-state index in [0.717, 1.165) is 39.9 Å². The van der Waals surface area contributed by atoms with E-state index in [4.69, 9.17) is 14.2 Å². The lowest BCUT2D eigenvalue weighted by Crippen LogP contribution is -2.44. The van der Waals surface area contributed by atoms with Gasteiger partial charge in [0.15, 0.2) is 12.4 Å². The van der Waals surface area contributed by atoms with Gasteiger partial charge in [-0.1, -0.05) is 104 Å². The van der Waals surface area contributed by atoms with Gasteiger partial charge in [-0.15, -0.1) is 0 Å². The van der Waals surface area contributed by atoms with Crippen LogP contribution < -0.4 is 5.32 Å². The lowest BCUT2D eigenvalue weighted by molar-refractivity contribution is -0.276. The van der Waals surface area contributed by atoms with Crippen LogP contribution in [-0.2, 0) is 37.0 Å². The molecule has 0 saturated carbocycles. The molecule has 1 saturated heterocycles. The predicted molar refractivity (Wildman–Crippen MR) is 185 cm³/mol. The van der Waals surface area contributed by atoms with Crippen molar-refractivity contribution in [2.75, 3.05) is 13.6 Å². The Bertz CT molecular complexity index is 1640. The maximum Gasteiger partial charge on any atom is 0.303 e. The van der Waals surface area contributed by atoms with Crippen LogP contribution in [-0.4, -0.2) is 47.7 Å². The second-order valence-corrected chi connectivity index (χ2v) is 12.6. The number of likely N-dealkylation sites (N-methyl/N-ethyl adjacent to an activating group) is 1. The van der Waals surface area contributed by atoms with Crippen LogP contribution in [0.3, 0.4) is 0 Å². The number of aliphatic hydroxyl groups is 1. The molecule has 1 fully saturated rings. The number of benzene rings is 4. The summed E-state index contributed by atoms with van der Waals surface area (Å²) in [5.74, 6) is -0.760. The molecule has 0 aliphatic carbocycles. The average Bonchev–Trinajstić information content (AvgIpc) is 3.11. The van der Waals surface area contributed by atoms with Crippen LogP contribution in [0.15, 0.2) is 103 Å². The fourth-order valence-corrected chi connectivity index (χ4v) is 6.09. The molecule has 6 atom stereocenters. The van der Waals surface area contributed by atoms with Crippen LogP contribution in [0, 0.1) is 5.92 Å². The number of hydrogen-bond acceptors (Lipinski definition) is 7. The van der Waals surface area contributed by atoms with Gasteiger partial charge in [-0.2, -0.15) is 0 Å². The normalized spacial score (nSPS) is 20.6. The van der Waals surface area contributed by atoms with Crippen LogP contribution >= 0.6 is 0 Å². The summed E-state index contributed by atoms with van der Waals surface area (Å²) in [5.41, 5.74) is 7.06. The molecule has 0 radical (unpaired) electrons. The Kier molecular flexibility index (Phi) is 11.8. The summed E-state index contributed by atoms with van der Waals surface area (Å²) in [6.45, 7) is 8.27. The Hall–Kier alpha value is -4.34. The number of nitrogens with zero attached hydrogens (tertiary/aromatic N) is 1. The standard InChI is InChI=1S/C40H46N2O6/c1-26-37(24-42(5)27(2)32-11-7-6-8-12-32)47-40(48-38(26)34-16-14-30(25-43)15-17-34)35-20-18-33(19-21-35)36-13-9-10-31(22-36)23-41-39(45)28(3)46-29(4)44/h6-22,26-28,37-38,40,43H,23-25H2,1-5H3,(H,41,45). The van der Waals surface area contributed by atoms with E-state index >= 15 is 0 Å². The van der Waals surface area contributed by atoms with E-state index in [9.17, 15) is 14.7 Å². The van der Waals surface area contributed by atoms with Crippen LogP contribution in [0.25, 0.3) is 11.1 Å². The molecule has 2 N–H and O–H groups in total. The highest BCUT2D eigenvalue weighted by molar-refractivity contribution is 5.82. The number of nitrogens with one attached hydrogen (secondary N) is 1. The van der Waals surface area contributed by atoms with Crippen molar-refractivity contribution < 1.29 is 28.9 Å². The number of esters is 1. The van der Waals surface area contributed by atoms with Crippen LogP contribution in [0.4, 0.5) is 0 Å². The smallest absolute Gasteiger partial charge is 0.303 e.